The molecule has 0 aliphatic rings. The summed E-state index contributed by atoms with van der Waals surface area (Å²) >= 11 is 0. The fourth-order valence-electron chi connectivity index (χ4n) is 3.02. The minimum absolute atomic E-state index is 0. The molecule has 32 heavy (non-hydrogen) atoms. The van der Waals surface area contributed by atoms with Crippen LogP contribution in [0.2, 0.25) is 0 Å². The third kappa shape index (κ3) is 6.07. The van der Waals surface area contributed by atoms with Crippen LogP contribution in [0.1, 0.15) is 16.2 Å². The van der Waals surface area contributed by atoms with Crippen molar-refractivity contribution in [1.29, 1.82) is 0 Å². The second-order valence-electron chi connectivity index (χ2n) is 6.31. The normalized spacial score (nSPS) is 11.1. The van der Waals surface area contributed by atoms with Gasteiger partial charge in [0.15, 0.2) is 0 Å². The molecule has 1 heterocycles. The number of carbonyl (C=O) groups is 1. The Hall–Kier alpha value is -0.640. The molecule has 0 aliphatic carbocycles. The van der Waals surface area contributed by atoms with E-state index in [2.05, 4.69) is 5.32 Å². The third-order valence-corrected chi connectivity index (χ3v) is 6.41. The number of nitrogens with two attached hydrogens (primary N) is 1. The van der Waals surface area contributed by atoms with Gasteiger partial charge < -0.3 is 32.6 Å². The molecular weight excluding hydrogens is 504 g/mol. The van der Waals surface area contributed by atoms with Crippen LogP contribution in [-0.4, -0.2) is 36.4 Å². The number of halogens is 1. The SMILES string of the molecule is Cc1c(N)cc(C(=O)Nc2ccc3c(S(=O)(=O)O)cccc3c2S(=O)(=O)[O-])n1C.[Cl-].[Na+].[Na+]. The van der Waals surface area contributed by atoms with Crippen LogP contribution in [0.5, 0.6) is 0 Å². The average molecular weight is 520 g/mol. The molecule has 0 saturated carbocycles. The summed E-state index contributed by atoms with van der Waals surface area (Å²) in [6.45, 7) is 1.69. The first-order chi connectivity index (χ1) is 13.3. The van der Waals surface area contributed by atoms with Crippen molar-refractivity contribution in [2.75, 3.05) is 11.1 Å². The van der Waals surface area contributed by atoms with Crippen LogP contribution in [0.15, 0.2) is 46.2 Å². The number of carbonyl (C=O) groups excluding carboxylic acids is 1. The second kappa shape index (κ2) is 11.2. The summed E-state index contributed by atoms with van der Waals surface area (Å²) in [5.74, 6) is -0.720. The van der Waals surface area contributed by atoms with E-state index in [0.29, 0.717) is 11.4 Å². The van der Waals surface area contributed by atoms with E-state index in [0.717, 1.165) is 12.1 Å². The van der Waals surface area contributed by atoms with Crippen LogP contribution in [0.25, 0.3) is 10.8 Å². The number of amides is 1. The van der Waals surface area contributed by atoms with Crippen LogP contribution < -0.4 is 82.6 Å². The maximum atomic E-state index is 12.6. The van der Waals surface area contributed by atoms with Gasteiger partial charge in [-0.25, -0.2) is 8.42 Å². The second-order valence-corrected chi connectivity index (χ2v) is 9.01. The van der Waals surface area contributed by atoms with Crippen LogP contribution in [0.3, 0.4) is 0 Å². The summed E-state index contributed by atoms with van der Waals surface area (Å²) in [5.41, 5.74) is 6.54. The van der Waals surface area contributed by atoms with Gasteiger partial charge in [0.1, 0.15) is 20.7 Å². The van der Waals surface area contributed by atoms with E-state index in [1.165, 1.54) is 28.8 Å². The number of nitrogen functional groups attached to an aromatic ring is 1. The summed E-state index contributed by atoms with van der Waals surface area (Å²) in [5, 5.41) is 1.93. The van der Waals surface area contributed by atoms with Crippen molar-refractivity contribution in [3.8, 4) is 0 Å². The van der Waals surface area contributed by atoms with Gasteiger partial charge in [-0.3, -0.25) is 9.35 Å². The maximum absolute atomic E-state index is 12.6. The molecule has 162 valence electrons. The van der Waals surface area contributed by atoms with Crippen LogP contribution >= 0.6 is 0 Å². The fourth-order valence-corrected chi connectivity index (χ4v) is 4.56. The standard InChI is InChI=1S/C17H17N3O7S2.ClH.2Na/c1-9-12(18)8-14(20(9)2)17(21)19-13-7-6-10-11(16(13)29(25,26)27)4-3-5-15(10)28(22,23)24;;;/h3-8H,18H2,1-2H3,(H,19,21)(H,22,23,24)(H,25,26,27);1H;;/q;;2*+1/p-2. The Labute approximate surface area is 235 Å². The zero-order chi connectivity index (χ0) is 21.7. The van der Waals surface area contributed by atoms with E-state index in [-0.39, 0.29) is 93.7 Å². The molecule has 2 aromatic carbocycles. The molecule has 1 amide bonds. The van der Waals surface area contributed by atoms with Crippen molar-refractivity contribution in [3.63, 3.8) is 0 Å². The molecule has 0 fully saturated rings. The molecule has 0 saturated heterocycles. The zero-order valence-electron chi connectivity index (χ0n) is 17.6. The first kappa shape index (κ1) is 31.4. The van der Waals surface area contributed by atoms with Crippen LogP contribution in [-0.2, 0) is 27.3 Å². The Morgan fingerprint density at radius 1 is 1.09 bits per heavy atom. The first-order valence-electron chi connectivity index (χ1n) is 8.04. The fraction of sp³-hybridized carbons (Fsp3) is 0.118. The van der Waals surface area contributed by atoms with Crippen molar-refractivity contribution >= 4 is 48.3 Å². The van der Waals surface area contributed by atoms with Crippen LogP contribution in [0, 0.1) is 6.92 Å². The number of anilines is 2. The summed E-state index contributed by atoms with van der Waals surface area (Å²) in [6, 6.07) is 7.11. The number of nitrogens with one attached hydrogen (secondary N) is 1. The largest absolute Gasteiger partial charge is 1.00 e. The smallest absolute Gasteiger partial charge is 1.00 e. The first-order valence-corrected chi connectivity index (χ1v) is 10.9. The molecule has 0 unspecified atom stereocenters. The Morgan fingerprint density at radius 2 is 1.69 bits per heavy atom. The minimum Gasteiger partial charge on any atom is -1.00 e. The number of rotatable bonds is 4. The molecule has 3 rings (SSSR count). The summed E-state index contributed by atoms with van der Waals surface area (Å²) < 4.78 is 69.8. The van der Waals surface area contributed by atoms with E-state index in [9.17, 15) is 30.7 Å². The third-order valence-electron chi connectivity index (χ3n) is 4.56. The van der Waals surface area contributed by atoms with Crippen molar-refractivity contribution < 1.29 is 102 Å². The zero-order valence-corrected chi connectivity index (χ0v) is 24.0. The van der Waals surface area contributed by atoms with Crippen molar-refractivity contribution in [1.82, 2.24) is 4.57 Å². The van der Waals surface area contributed by atoms with E-state index < -0.39 is 35.9 Å². The van der Waals surface area contributed by atoms with Crippen LogP contribution in [0.4, 0.5) is 11.4 Å². The van der Waals surface area contributed by atoms with Gasteiger partial charge >= 0.3 is 59.1 Å². The number of hydrogen-bond acceptors (Lipinski definition) is 7. The van der Waals surface area contributed by atoms with Gasteiger partial charge in [-0.2, -0.15) is 8.42 Å². The molecule has 10 nitrogen and oxygen atoms in total. The molecular formula is C17H16ClN3Na2O7S2. The average Bonchev–Trinajstić information content (AvgIpc) is 2.86. The van der Waals surface area contributed by atoms with E-state index in [4.69, 9.17) is 5.73 Å². The molecule has 0 bridgehead atoms. The van der Waals surface area contributed by atoms with Gasteiger partial charge in [-0.15, -0.1) is 0 Å². The molecule has 0 spiro atoms. The quantitative estimate of drug-likeness (QED) is 0.225. The summed E-state index contributed by atoms with van der Waals surface area (Å²) in [4.78, 5) is 11.2. The minimum atomic E-state index is -5.14. The van der Waals surface area contributed by atoms with Gasteiger partial charge in [-0.1, -0.05) is 18.2 Å². The van der Waals surface area contributed by atoms with Crippen molar-refractivity contribution in [2.24, 2.45) is 7.05 Å². The predicted octanol–water partition coefficient (Wildman–Crippen LogP) is -7.52. The molecule has 0 atom stereocenters. The number of fused-ring (bicyclic) bond motifs is 1. The Bertz CT molecular complexity index is 1390. The summed E-state index contributed by atoms with van der Waals surface area (Å²) in [7, 11) is -8.23. The Morgan fingerprint density at radius 3 is 2.16 bits per heavy atom. The molecule has 3 aromatic rings. The van der Waals surface area contributed by atoms with Gasteiger partial charge in [0.2, 0.25) is 0 Å². The number of nitrogens with zero attached hydrogens (tertiary/aromatic N) is 1. The number of aromatic nitrogens is 1. The predicted molar refractivity (Wildman–Crippen MR) is 104 cm³/mol. The Balaban J connectivity index is 0.00000320. The monoisotopic (exact) mass is 519 g/mol. The molecule has 15 heteroatoms. The number of benzene rings is 2. The topological polar surface area (TPSA) is 172 Å². The molecule has 1 aromatic heterocycles. The van der Waals surface area contributed by atoms with E-state index in [1.807, 2.05) is 0 Å². The van der Waals surface area contributed by atoms with Gasteiger partial charge in [-0.05, 0) is 25.1 Å². The van der Waals surface area contributed by atoms with Crippen molar-refractivity contribution in [3.05, 3.63) is 47.8 Å². The van der Waals surface area contributed by atoms with E-state index in [1.54, 1.807) is 14.0 Å². The van der Waals surface area contributed by atoms with Crippen molar-refractivity contribution in [2.45, 2.75) is 16.7 Å². The van der Waals surface area contributed by atoms with Gasteiger partial charge in [0.05, 0.1) is 16.3 Å². The van der Waals surface area contributed by atoms with E-state index >= 15 is 0 Å². The summed E-state index contributed by atoms with van der Waals surface area (Å²) in [6.07, 6.45) is 0. The van der Waals surface area contributed by atoms with Gasteiger partial charge in [0, 0.05) is 23.5 Å². The maximum Gasteiger partial charge on any atom is 1.00 e. The number of hydrogen-bond donors (Lipinski definition) is 3. The molecule has 0 radical (unpaired) electrons. The van der Waals surface area contributed by atoms with Gasteiger partial charge in [0.25, 0.3) is 16.0 Å². The molecule has 4 N–H and O–H groups in total. The Kier molecular flexibility index (Phi) is 11.0. The molecule has 0 aliphatic heterocycles.